The Balaban J connectivity index is 1.31. The van der Waals surface area contributed by atoms with Gasteiger partial charge in [-0.2, -0.15) is 0 Å². The smallest absolute Gasteiger partial charge is 0.165 e. The molecule has 1 N–H and O–H groups in total. The van der Waals surface area contributed by atoms with Crippen molar-refractivity contribution in [3.63, 3.8) is 0 Å². The Labute approximate surface area is 193 Å². The van der Waals surface area contributed by atoms with Crippen LogP contribution in [0.5, 0.6) is 17.2 Å². The second-order valence-corrected chi connectivity index (χ2v) is 8.21. The first kappa shape index (κ1) is 21.0. The molecule has 0 atom stereocenters. The van der Waals surface area contributed by atoms with E-state index in [4.69, 9.17) is 9.47 Å². The predicted molar refractivity (Wildman–Crippen MR) is 128 cm³/mol. The summed E-state index contributed by atoms with van der Waals surface area (Å²) in [6.07, 6.45) is 3.55. The average molecular weight is 439 g/mol. The molecule has 0 fully saturated rings. The molecule has 2 heterocycles. The van der Waals surface area contributed by atoms with E-state index in [1.807, 2.05) is 42.5 Å². The van der Waals surface area contributed by atoms with Gasteiger partial charge in [0.15, 0.2) is 11.5 Å². The first-order chi connectivity index (χ1) is 16.2. The molecule has 5 rings (SSSR count). The topological polar surface area (TPSA) is 54.8 Å². The maximum Gasteiger partial charge on any atom is 0.165 e. The molecule has 0 unspecified atom stereocenters. The van der Waals surface area contributed by atoms with Crippen LogP contribution in [-0.2, 0) is 19.7 Å². The molecular weight excluding hydrogens is 412 g/mol. The Morgan fingerprint density at radius 1 is 0.909 bits per heavy atom. The highest BCUT2D eigenvalue weighted by Crippen LogP contribution is 2.37. The Bertz CT molecular complexity index is 1210. The molecule has 0 saturated heterocycles. The zero-order chi connectivity index (χ0) is 22.5. The molecule has 0 radical (unpaired) electrons. The summed E-state index contributed by atoms with van der Waals surface area (Å²) in [7, 11) is 0. The van der Waals surface area contributed by atoms with E-state index < -0.39 is 0 Å². The number of benzene rings is 3. The van der Waals surface area contributed by atoms with E-state index in [-0.39, 0.29) is 5.75 Å². The Morgan fingerprint density at radius 2 is 1.79 bits per heavy atom. The van der Waals surface area contributed by atoms with Gasteiger partial charge in [-0.25, -0.2) is 0 Å². The van der Waals surface area contributed by atoms with Crippen LogP contribution in [0.2, 0.25) is 0 Å². The van der Waals surface area contributed by atoms with Crippen molar-refractivity contribution in [1.29, 1.82) is 0 Å². The van der Waals surface area contributed by atoms with Gasteiger partial charge in [-0.05, 0) is 47.0 Å². The van der Waals surface area contributed by atoms with Gasteiger partial charge in [0.1, 0.15) is 19.0 Å². The van der Waals surface area contributed by atoms with Crippen molar-refractivity contribution in [2.45, 2.75) is 19.7 Å². The number of ether oxygens (including phenoxy) is 2. The summed E-state index contributed by atoms with van der Waals surface area (Å²) < 4.78 is 11.9. The van der Waals surface area contributed by atoms with E-state index in [0.29, 0.717) is 25.5 Å². The third-order valence-corrected chi connectivity index (χ3v) is 5.74. The predicted octanol–water partition coefficient (Wildman–Crippen LogP) is 5.43. The Morgan fingerprint density at radius 3 is 2.64 bits per heavy atom. The first-order valence-electron chi connectivity index (χ1n) is 11.1. The number of nitrogens with zero attached hydrogens (tertiary/aromatic N) is 2. The maximum atomic E-state index is 10.6. The van der Waals surface area contributed by atoms with E-state index >= 15 is 0 Å². The minimum atomic E-state index is 0.171. The molecule has 1 aromatic heterocycles. The molecule has 5 heteroatoms. The van der Waals surface area contributed by atoms with E-state index in [1.54, 1.807) is 18.5 Å². The number of fused-ring (bicyclic) bond motifs is 1. The van der Waals surface area contributed by atoms with Crippen molar-refractivity contribution in [3.8, 4) is 28.4 Å². The number of aromatic hydroxyl groups is 1. The fourth-order valence-electron chi connectivity index (χ4n) is 4.12. The Kier molecular flexibility index (Phi) is 6.22. The zero-order valence-electron chi connectivity index (χ0n) is 18.4. The summed E-state index contributed by atoms with van der Waals surface area (Å²) in [5.74, 6) is 1.61. The number of phenolic OH excluding ortho intramolecular Hbond substituents is 1. The van der Waals surface area contributed by atoms with E-state index in [2.05, 4.69) is 40.2 Å². The van der Waals surface area contributed by atoms with Crippen LogP contribution in [0, 0.1) is 0 Å². The van der Waals surface area contributed by atoms with Crippen molar-refractivity contribution < 1.29 is 14.6 Å². The number of hydrogen-bond acceptors (Lipinski definition) is 5. The van der Waals surface area contributed by atoms with Crippen LogP contribution < -0.4 is 9.47 Å². The summed E-state index contributed by atoms with van der Waals surface area (Å²) in [6.45, 7) is 3.30. The molecule has 0 amide bonds. The standard InChI is InChI=1S/C28H26N2O3/c31-27-16-24(23-9-5-11-29-17-23)15-25-19-30(12-13-32-28(25)27)18-22-8-4-10-26(14-22)33-20-21-6-2-1-3-7-21/h1-11,14-17,31H,12-13,18-20H2. The van der Waals surface area contributed by atoms with E-state index in [0.717, 1.165) is 41.1 Å². The van der Waals surface area contributed by atoms with Gasteiger partial charge in [0.05, 0.1) is 0 Å². The van der Waals surface area contributed by atoms with Crippen LogP contribution in [-0.4, -0.2) is 28.1 Å². The summed E-state index contributed by atoms with van der Waals surface area (Å²) in [6, 6.07) is 26.1. The zero-order valence-corrected chi connectivity index (χ0v) is 18.4. The van der Waals surface area contributed by atoms with Crippen LogP contribution in [0.3, 0.4) is 0 Å². The first-order valence-corrected chi connectivity index (χ1v) is 11.1. The number of phenols is 1. The SMILES string of the molecule is Oc1cc(-c2cccnc2)cc2c1OCCN(Cc1cccc(OCc3ccccc3)c1)C2. The minimum absolute atomic E-state index is 0.171. The largest absolute Gasteiger partial charge is 0.504 e. The number of hydrogen-bond donors (Lipinski definition) is 1. The third kappa shape index (κ3) is 5.16. The molecule has 0 bridgehead atoms. The second kappa shape index (κ2) is 9.76. The number of rotatable bonds is 6. The molecule has 5 nitrogen and oxygen atoms in total. The fourth-order valence-corrected chi connectivity index (χ4v) is 4.12. The molecule has 1 aliphatic rings. The maximum absolute atomic E-state index is 10.6. The van der Waals surface area contributed by atoms with Crippen LogP contribution in [0.25, 0.3) is 11.1 Å². The van der Waals surface area contributed by atoms with Crippen LogP contribution >= 0.6 is 0 Å². The normalized spacial score (nSPS) is 13.6. The fraction of sp³-hybridized carbons (Fsp3) is 0.179. The lowest BCUT2D eigenvalue weighted by Gasteiger charge is -2.20. The average Bonchev–Trinajstić information content (AvgIpc) is 3.06. The molecule has 166 valence electrons. The molecule has 0 saturated carbocycles. The number of aromatic nitrogens is 1. The minimum Gasteiger partial charge on any atom is -0.504 e. The van der Waals surface area contributed by atoms with Gasteiger partial charge >= 0.3 is 0 Å². The summed E-state index contributed by atoms with van der Waals surface area (Å²) in [5.41, 5.74) is 5.20. The van der Waals surface area contributed by atoms with Gasteiger partial charge in [-0.1, -0.05) is 48.5 Å². The molecular formula is C28H26N2O3. The lowest BCUT2D eigenvalue weighted by atomic mass is 10.0. The quantitative estimate of drug-likeness (QED) is 0.435. The van der Waals surface area contributed by atoms with Crippen molar-refractivity contribution in [3.05, 3.63) is 108 Å². The van der Waals surface area contributed by atoms with Crippen LogP contribution in [0.15, 0.2) is 91.3 Å². The van der Waals surface area contributed by atoms with E-state index in [9.17, 15) is 5.11 Å². The van der Waals surface area contributed by atoms with Gasteiger partial charge in [-0.15, -0.1) is 0 Å². The highest BCUT2D eigenvalue weighted by molar-refractivity contribution is 5.68. The van der Waals surface area contributed by atoms with Crippen molar-refractivity contribution in [1.82, 2.24) is 9.88 Å². The summed E-state index contributed by atoms with van der Waals surface area (Å²) in [5, 5.41) is 10.6. The highest BCUT2D eigenvalue weighted by atomic mass is 16.5. The molecule has 33 heavy (non-hydrogen) atoms. The Hall–Kier alpha value is -3.83. The van der Waals surface area contributed by atoms with Gasteiger partial charge in [0.25, 0.3) is 0 Å². The summed E-state index contributed by atoms with van der Waals surface area (Å²) in [4.78, 5) is 6.53. The lowest BCUT2D eigenvalue weighted by molar-refractivity contribution is 0.217. The molecule has 4 aromatic rings. The monoisotopic (exact) mass is 438 g/mol. The van der Waals surface area contributed by atoms with Gasteiger partial charge < -0.3 is 14.6 Å². The molecule has 0 spiro atoms. The van der Waals surface area contributed by atoms with E-state index in [1.165, 1.54) is 5.56 Å². The molecule has 1 aliphatic heterocycles. The molecule has 0 aliphatic carbocycles. The number of pyridine rings is 1. The van der Waals surface area contributed by atoms with Crippen molar-refractivity contribution >= 4 is 0 Å². The highest BCUT2D eigenvalue weighted by Gasteiger charge is 2.20. The van der Waals surface area contributed by atoms with Crippen LogP contribution in [0.4, 0.5) is 0 Å². The van der Waals surface area contributed by atoms with Crippen LogP contribution in [0.1, 0.15) is 16.7 Å². The van der Waals surface area contributed by atoms with Gasteiger partial charge in [-0.3, -0.25) is 9.88 Å². The molecule has 3 aromatic carbocycles. The van der Waals surface area contributed by atoms with Crippen molar-refractivity contribution in [2.24, 2.45) is 0 Å². The van der Waals surface area contributed by atoms with Gasteiger partial charge in [0, 0.05) is 43.2 Å². The summed E-state index contributed by atoms with van der Waals surface area (Å²) >= 11 is 0. The third-order valence-electron chi connectivity index (χ3n) is 5.74. The van der Waals surface area contributed by atoms with Gasteiger partial charge in [0.2, 0.25) is 0 Å². The van der Waals surface area contributed by atoms with Crippen molar-refractivity contribution in [2.75, 3.05) is 13.2 Å². The lowest BCUT2D eigenvalue weighted by Crippen LogP contribution is -2.25. The second-order valence-electron chi connectivity index (χ2n) is 8.21.